The van der Waals surface area contributed by atoms with Crippen molar-refractivity contribution in [2.75, 3.05) is 23.4 Å². The van der Waals surface area contributed by atoms with Crippen molar-refractivity contribution in [1.82, 2.24) is 5.32 Å². The molecule has 2 rings (SSSR count). The molecule has 0 aliphatic carbocycles. The monoisotopic (exact) mass is 512 g/mol. The minimum Gasteiger partial charge on any atom is -0.348 e. The molecule has 12 heteroatoms. The Labute approximate surface area is 190 Å². The molecule has 30 heavy (non-hydrogen) atoms. The van der Waals surface area contributed by atoms with Gasteiger partial charge in [-0.05, 0) is 36.8 Å². The zero-order valence-corrected chi connectivity index (χ0v) is 20.1. The third-order valence-electron chi connectivity index (χ3n) is 4.13. The van der Waals surface area contributed by atoms with E-state index < -0.39 is 38.4 Å². The average Bonchev–Trinajstić information content (AvgIpc) is 2.61. The Kier molecular flexibility index (Phi) is 7.68. The number of sulfone groups is 1. The summed E-state index contributed by atoms with van der Waals surface area (Å²) in [5.74, 6) is -0.595. The number of halogens is 3. The van der Waals surface area contributed by atoms with Crippen LogP contribution in [0.15, 0.2) is 41.3 Å². The zero-order chi connectivity index (χ0) is 22.9. The first-order valence-electron chi connectivity index (χ1n) is 8.42. The van der Waals surface area contributed by atoms with E-state index in [1.807, 2.05) is 0 Å². The summed E-state index contributed by atoms with van der Waals surface area (Å²) < 4.78 is 48.4. The minimum absolute atomic E-state index is 0.0204. The van der Waals surface area contributed by atoms with E-state index in [0.29, 0.717) is 5.56 Å². The van der Waals surface area contributed by atoms with E-state index >= 15 is 0 Å². The van der Waals surface area contributed by atoms with E-state index in [0.717, 1.165) is 16.8 Å². The molecule has 0 saturated heterocycles. The van der Waals surface area contributed by atoms with Crippen molar-refractivity contribution >= 4 is 66.3 Å². The highest BCUT2D eigenvalue weighted by Crippen LogP contribution is 2.35. The number of amides is 1. The van der Waals surface area contributed by atoms with Gasteiger partial charge in [0.2, 0.25) is 15.9 Å². The Morgan fingerprint density at radius 3 is 2.00 bits per heavy atom. The molecule has 0 unspecified atom stereocenters. The molecule has 0 aliphatic heterocycles. The van der Waals surface area contributed by atoms with E-state index in [1.54, 1.807) is 19.1 Å². The molecule has 1 amide bonds. The Hall–Kier alpha value is -1.52. The first-order chi connectivity index (χ1) is 13.7. The van der Waals surface area contributed by atoms with Gasteiger partial charge in [-0.25, -0.2) is 16.8 Å². The molecular weight excluding hydrogens is 495 g/mol. The lowest BCUT2D eigenvalue weighted by atomic mass is 10.1. The number of nitrogens with zero attached hydrogens (tertiary/aromatic N) is 1. The summed E-state index contributed by atoms with van der Waals surface area (Å²) in [6, 6.07) is 8.09. The van der Waals surface area contributed by atoms with E-state index in [2.05, 4.69) is 5.32 Å². The molecule has 164 valence electrons. The van der Waals surface area contributed by atoms with Gasteiger partial charge in [0.15, 0.2) is 9.84 Å². The summed E-state index contributed by atoms with van der Waals surface area (Å²) in [7, 11) is -7.20. The van der Waals surface area contributed by atoms with E-state index in [-0.39, 0.29) is 25.7 Å². The van der Waals surface area contributed by atoms with Crippen LogP contribution >= 0.6 is 34.8 Å². The molecule has 0 spiro atoms. The van der Waals surface area contributed by atoms with E-state index in [9.17, 15) is 21.6 Å². The van der Waals surface area contributed by atoms with E-state index in [4.69, 9.17) is 34.8 Å². The van der Waals surface area contributed by atoms with Crippen molar-refractivity contribution in [3.63, 3.8) is 0 Å². The van der Waals surface area contributed by atoms with Gasteiger partial charge in [-0.1, -0.05) is 46.9 Å². The maximum atomic E-state index is 12.5. The third-order valence-corrected chi connectivity index (χ3v) is 7.41. The lowest BCUT2D eigenvalue weighted by molar-refractivity contribution is -0.120. The fourth-order valence-electron chi connectivity index (χ4n) is 2.59. The van der Waals surface area contributed by atoms with Crippen molar-refractivity contribution in [3.8, 4) is 0 Å². The molecule has 1 N–H and O–H groups in total. The highest BCUT2D eigenvalue weighted by Gasteiger charge is 2.25. The van der Waals surface area contributed by atoms with Crippen molar-refractivity contribution in [3.05, 3.63) is 57.0 Å². The fourth-order valence-corrected chi connectivity index (χ4v) is 4.77. The van der Waals surface area contributed by atoms with Gasteiger partial charge in [-0.15, -0.1) is 0 Å². The van der Waals surface area contributed by atoms with Gasteiger partial charge in [0.1, 0.15) is 6.54 Å². The number of sulfonamides is 1. The van der Waals surface area contributed by atoms with Crippen LogP contribution < -0.4 is 9.62 Å². The SMILES string of the molecule is C[C@H](NC(=O)CN(c1cc(Cl)c(Cl)cc1Cl)S(C)(=O)=O)c1ccc(S(C)(=O)=O)cc1. The lowest BCUT2D eigenvalue weighted by Gasteiger charge is -2.24. The summed E-state index contributed by atoms with van der Waals surface area (Å²) in [5, 5.41) is 2.93. The maximum absolute atomic E-state index is 12.5. The Balaban J connectivity index is 2.22. The number of nitrogens with one attached hydrogen (secondary N) is 1. The van der Waals surface area contributed by atoms with E-state index in [1.165, 1.54) is 24.3 Å². The third kappa shape index (κ3) is 6.24. The lowest BCUT2D eigenvalue weighted by Crippen LogP contribution is -2.41. The normalized spacial score (nSPS) is 13.0. The quantitative estimate of drug-likeness (QED) is 0.569. The second-order valence-electron chi connectivity index (χ2n) is 6.62. The summed E-state index contributed by atoms with van der Waals surface area (Å²) in [6.45, 7) is 1.15. The van der Waals surface area contributed by atoms with Gasteiger partial charge in [0, 0.05) is 6.26 Å². The second-order valence-corrected chi connectivity index (χ2v) is 11.8. The highest BCUT2D eigenvalue weighted by atomic mass is 35.5. The average molecular weight is 514 g/mol. The smallest absolute Gasteiger partial charge is 0.241 e. The first kappa shape index (κ1) is 24.7. The van der Waals surface area contributed by atoms with Crippen LogP contribution in [-0.2, 0) is 24.7 Å². The zero-order valence-electron chi connectivity index (χ0n) is 16.2. The molecule has 2 aromatic rings. The van der Waals surface area contributed by atoms with Crippen LogP contribution in [0.5, 0.6) is 0 Å². The summed E-state index contributed by atoms with van der Waals surface area (Å²) >= 11 is 18.0. The van der Waals surface area contributed by atoms with Gasteiger partial charge < -0.3 is 5.32 Å². The van der Waals surface area contributed by atoms with Crippen LogP contribution in [-0.4, -0.2) is 41.8 Å². The topological polar surface area (TPSA) is 101 Å². The van der Waals surface area contributed by atoms with Crippen LogP contribution in [0, 0.1) is 0 Å². The molecule has 0 aliphatic rings. The molecule has 1 atom stereocenters. The van der Waals surface area contributed by atoms with Gasteiger partial charge in [-0.2, -0.15) is 0 Å². The fraction of sp³-hybridized carbons (Fsp3) is 0.278. The first-order valence-corrected chi connectivity index (χ1v) is 13.3. The molecule has 0 heterocycles. The number of carbonyl (C=O) groups excluding carboxylic acids is 1. The molecule has 7 nitrogen and oxygen atoms in total. The van der Waals surface area contributed by atoms with Crippen LogP contribution in [0.4, 0.5) is 5.69 Å². The van der Waals surface area contributed by atoms with Gasteiger partial charge >= 0.3 is 0 Å². The number of rotatable bonds is 7. The summed E-state index contributed by atoms with van der Waals surface area (Å²) in [4.78, 5) is 12.7. The Morgan fingerprint density at radius 2 is 1.50 bits per heavy atom. The molecule has 2 aromatic carbocycles. The molecular formula is C18H19Cl3N2O5S2. The Morgan fingerprint density at radius 1 is 0.967 bits per heavy atom. The van der Waals surface area contributed by atoms with Gasteiger partial charge in [0.05, 0.1) is 37.9 Å². The maximum Gasteiger partial charge on any atom is 0.241 e. The number of anilines is 1. The summed E-state index contributed by atoms with van der Waals surface area (Å²) in [5.41, 5.74) is 0.670. The minimum atomic E-state index is -3.87. The van der Waals surface area contributed by atoms with Crippen molar-refractivity contribution < 1.29 is 21.6 Å². The van der Waals surface area contributed by atoms with Gasteiger partial charge in [0.25, 0.3) is 0 Å². The number of hydrogen-bond donors (Lipinski definition) is 1. The van der Waals surface area contributed by atoms with Crippen LogP contribution in [0.25, 0.3) is 0 Å². The molecule has 0 fully saturated rings. The largest absolute Gasteiger partial charge is 0.348 e. The Bertz CT molecular complexity index is 1170. The molecule has 0 radical (unpaired) electrons. The second kappa shape index (κ2) is 9.32. The molecule has 0 saturated carbocycles. The highest BCUT2D eigenvalue weighted by molar-refractivity contribution is 7.92. The van der Waals surface area contributed by atoms with Crippen molar-refractivity contribution in [1.29, 1.82) is 0 Å². The van der Waals surface area contributed by atoms with Crippen molar-refractivity contribution in [2.24, 2.45) is 0 Å². The number of carbonyl (C=O) groups is 1. The number of hydrogen-bond acceptors (Lipinski definition) is 5. The van der Waals surface area contributed by atoms with Crippen LogP contribution in [0.2, 0.25) is 15.1 Å². The summed E-state index contributed by atoms with van der Waals surface area (Å²) in [6.07, 6.45) is 2.04. The molecule has 0 aromatic heterocycles. The number of benzene rings is 2. The predicted molar refractivity (Wildman–Crippen MR) is 120 cm³/mol. The molecule has 0 bridgehead atoms. The standard InChI is InChI=1S/C18H19Cl3N2O5S2/c1-11(12-4-6-13(7-5-12)29(2,25)26)22-18(24)10-23(30(3,27)28)17-9-15(20)14(19)8-16(17)21/h4-9,11H,10H2,1-3H3,(H,22,24)/t11-/m0/s1. The van der Waals surface area contributed by atoms with Crippen LogP contribution in [0.1, 0.15) is 18.5 Å². The predicted octanol–water partition coefficient (Wildman–Crippen LogP) is 3.69. The van der Waals surface area contributed by atoms with Crippen molar-refractivity contribution in [2.45, 2.75) is 17.9 Å². The van der Waals surface area contributed by atoms with Gasteiger partial charge in [-0.3, -0.25) is 9.10 Å². The van der Waals surface area contributed by atoms with Crippen LogP contribution in [0.3, 0.4) is 0 Å².